The highest BCUT2D eigenvalue weighted by molar-refractivity contribution is 7.99. The van der Waals surface area contributed by atoms with E-state index in [9.17, 15) is 14.9 Å². The summed E-state index contributed by atoms with van der Waals surface area (Å²) in [6.07, 6.45) is 0. The van der Waals surface area contributed by atoms with Crippen LogP contribution in [-0.4, -0.2) is 10.7 Å². The number of carbonyl (C=O) groups is 1. The maximum absolute atomic E-state index is 12.9. The fraction of sp³-hybridized carbons (Fsp3) is 0. The first-order chi connectivity index (χ1) is 12.4. The quantitative estimate of drug-likeness (QED) is 0.285. The van der Waals surface area contributed by atoms with Crippen molar-refractivity contribution in [2.45, 2.75) is 9.79 Å². The molecule has 4 nitrogen and oxygen atoms in total. The van der Waals surface area contributed by atoms with Gasteiger partial charge in [-0.1, -0.05) is 35.0 Å². The zero-order valence-electron chi connectivity index (χ0n) is 13.2. The monoisotopic (exact) mass is 403 g/mol. The van der Waals surface area contributed by atoms with E-state index in [-0.39, 0.29) is 17.0 Å². The molecule has 3 aromatic carbocycles. The van der Waals surface area contributed by atoms with E-state index < -0.39 is 4.92 Å². The van der Waals surface area contributed by atoms with Gasteiger partial charge in [0, 0.05) is 43.1 Å². The van der Waals surface area contributed by atoms with E-state index in [0.29, 0.717) is 20.5 Å². The van der Waals surface area contributed by atoms with E-state index in [2.05, 4.69) is 0 Å². The van der Waals surface area contributed by atoms with Gasteiger partial charge in [-0.25, -0.2) is 0 Å². The van der Waals surface area contributed by atoms with Crippen molar-refractivity contribution in [3.05, 3.63) is 98.0 Å². The summed E-state index contributed by atoms with van der Waals surface area (Å²) >= 11 is 13.1. The fourth-order valence-corrected chi connectivity index (χ4v) is 3.46. The first-order valence-electron chi connectivity index (χ1n) is 7.46. The van der Waals surface area contributed by atoms with Crippen LogP contribution in [0.25, 0.3) is 0 Å². The number of nitrogens with zero attached hydrogens (tertiary/aromatic N) is 1. The lowest BCUT2D eigenvalue weighted by atomic mass is 10.0. The van der Waals surface area contributed by atoms with Crippen LogP contribution >= 0.6 is 35.0 Å². The number of benzene rings is 3. The Morgan fingerprint density at radius 1 is 0.885 bits per heavy atom. The van der Waals surface area contributed by atoms with Crippen molar-refractivity contribution in [2.24, 2.45) is 0 Å². The Morgan fingerprint density at radius 2 is 1.46 bits per heavy atom. The molecular weight excluding hydrogens is 393 g/mol. The number of non-ortho nitro benzene ring substituents is 1. The number of nitro benzene ring substituents is 1. The van der Waals surface area contributed by atoms with Gasteiger partial charge in [-0.05, 0) is 54.6 Å². The molecule has 0 saturated heterocycles. The molecule has 0 atom stereocenters. The average Bonchev–Trinajstić information content (AvgIpc) is 2.64. The molecule has 0 saturated carbocycles. The highest BCUT2D eigenvalue weighted by Crippen LogP contribution is 2.34. The Balaban J connectivity index is 2.03. The molecule has 0 N–H and O–H groups in total. The summed E-state index contributed by atoms with van der Waals surface area (Å²) in [7, 11) is 0. The maximum Gasteiger partial charge on any atom is 0.270 e. The van der Waals surface area contributed by atoms with E-state index in [0.717, 1.165) is 4.90 Å². The molecule has 26 heavy (non-hydrogen) atoms. The molecule has 0 heterocycles. The van der Waals surface area contributed by atoms with Gasteiger partial charge in [-0.3, -0.25) is 14.9 Å². The number of hydrogen-bond donors (Lipinski definition) is 0. The van der Waals surface area contributed by atoms with Gasteiger partial charge in [0.05, 0.1) is 4.92 Å². The Labute approximate surface area is 163 Å². The number of nitro groups is 1. The van der Waals surface area contributed by atoms with Gasteiger partial charge >= 0.3 is 0 Å². The van der Waals surface area contributed by atoms with Crippen molar-refractivity contribution in [1.29, 1.82) is 0 Å². The van der Waals surface area contributed by atoms with Crippen LogP contribution in [0.15, 0.2) is 76.5 Å². The van der Waals surface area contributed by atoms with Crippen LogP contribution in [0.5, 0.6) is 0 Å². The lowest BCUT2D eigenvalue weighted by Gasteiger charge is -2.09. The minimum Gasteiger partial charge on any atom is -0.289 e. The number of halogens is 2. The van der Waals surface area contributed by atoms with Crippen LogP contribution in [-0.2, 0) is 0 Å². The van der Waals surface area contributed by atoms with Gasteiger partial charge in [0.25, 0.3) is 5.69 Å². The van der Waals surface area contributed by atoms with Gasteiger partial charge in [-0.15, -0.1) is 0 Å². The Hall–Kier alpha value is -2.34. The summed E-state index contributed by atoms with van der Waals surface area (Å²) in [4.78, 5) is 25.0. The predicted molar refractivity (Wildman–Crippen MR) is 104 cm³/mol. The second-order valence-electron chi connectivity index (χ2n) is 5.33. The summed E-state index contributed by atoms with van der Waals surface area (Å²) in [6.45, 7) is 0. The average molecular weight is 404 g/mol. The van der Waals surface area contributed by atoms with Gasteiger partial charge in [0.2, 0.25) is 0 Å². The van der Waals surface area contributed by atoms with Crippen LogP contribution in [0.4, 0.5) is 5.69 Å². The van der Waals surface area contributed by atoms with E-state index >= 15 is 0 Å². The van der Waals surface area contributed by atoms with E-state index in [4.69, 9.17) is 23.2 Å². The van der Waals surface area contributed by atoms with Crippen LogP contribution in [0.1, 0.15) is 15.9 Å². The molecule has 7 heteroatoms. The van der Waals surface area contributed by atoms with Crippen molar-refractivity contribution in [2.75, 3.05) is 0 Å². The molecule has 0 aliphatic carbocycles. The van der Waals surface area contributed by atoms with Crippen molar-refractivity contribution in [3.63, 3.8) is 0 Å². The molecule has 0 bridgehead atoms. The molecule has 3 rings (SSSR count). The number of ketones is 1. The standard InChI is InChI=1S/C19H11Cl2NO3S/c20-13-3-1-12(2-4-13)19(23)17-11-15(22(24)25)7-10-18(17)26-16-8-5-14(21)6-9-16/h1-11H. The molecule has 0 fully saturated rings. The van der Waals surface area contributed by atoms with E-state index in [1.165, 1.54) is 23.9 Å². The Kier molecular flexibility index (Phi) is 5.61. The van der Waals surface area contributed by atoms with Gasteiger partial charge < -0.3 is 0 Å². The predicted octanol–water partition coefficient (Wildman–Crippen LogP) is 6.28. The molecule has 0 unspecified atom stereocenters. The molecule has 0 radical (unpaired) electrons. The van der Waals surface area contributed by atoms with Crippen LogP contribution in [0.2, 0.25) is 10.0 Å². The number of carbonyl (C=O) groups excluding carboxylic acids is 1. The Morgan fingerprint density at radius 3 is 2.04 bits per heavy atom. The molecule has 0 spiro atoms. The van der Waals surface area contributed by atoms with Gasteiger partial charge in [0.15, 0.2) is 5.78 Å². The summed E-state index contributed by atoms with van der Waals surface area (Å²) in [6, 6.07) is 17.8. The van der Waals surface area contributed by atoms with Gasteiger partial charge in [0.1, 0.15) is 0 Å². The third-order valence-electron chi connectivity index (χ3n) is 3.57. The molecule has 130 valence electrons. The third-order valence-corrected chi connectivity index (χ3v) is 5.15. The van der Waals surface area contributed by atoms with Crippen molar-refractivity contribution < 1.29 is 9.72 Å². The van der Waals surface area contributed by atoms with Crippen LogP contribution in [0.3, 0.4) is 0 Å². The molecule has 3 aromatic rings. The second kappa shape index (κ2) is 7.91. The zero-order chi connectivity index (χ0) is 18.7. The zero-order valence-corrected chi connectivity index (χ0v) is 15.5. The first-order valence-corrected chi connectivity index (χ1v) is 9.03. The molecule has 0 amide bonds. The summed E-state index contributed by atoms with van der Waals surface area (Å²) in [5, 5.41) is 12.2. The second-order valence-corrected chi connectivity index (χ2v) is 7.32. The third kappa shape index (κ3) is 4.25. The SMILES string of the molecule is O=C(c1ccc(Cl)cc1)c1cc([N+](=O)[O-])ccc1Sc1ccc(Cl)cc1. The van der Waals surface area contributed by atoms with Crippen molar-refractivity contribution >= 4 is 46.4 Å². The largest absolute Gasteiger partial charge is 0.289 e. The van der Waals surface area contributed by atoms with Crippen molar-refractivity contribution in [3.8, 4) is 0 Å². The maximum atomic E-state index is 12.9. The topological polar surface area (TPSA) is 60.2 Å². The number of hydrogen-bond acceptors (Lipinski definition) is 4. The summed E-state index contributed by atoms with van der Waals surface area (Å²) in [5.41, 5.74) is 0.539. The number of rotatable bonds is 5. The first kappa shape index (κ1) is 18.5. The smallest absolute Gasteiger partial charge is 0.270 e. The highest BCUT2D eigenvalue weighted by Gasteiger charge is 2.19. The molecule has 0 aliphatic heterocycles. The van der Waals surface area contributed by atoms with Crippen LogP contribution in [0, 0.1) is 10.1 Å². The minimum atomic E-state index is -0.518. The summed E-state index contributed by atoms with van der Waals surface area (Å²) in [5.74, 6) is -0.304. The van der Waals surface area contributed by atoms with E-state index in [1.54, 1.807) is 42.5 Å². The molecular formula is C19H11Cl2NO3S. The van der Waals surface area contributed by atoms with E-state index in [1.807, 2.05) is 12.1 Å². The summed E-state index contributed by atoms with van der Waals surface area (Å²) < 4.78 is 0. The molecule has 0 aromatic heterocycles. The van der Waals surface area contributed by atoms with Crippen LogP contribution < -0.4 is 0 Å². The highest BCUT2D eigenvalue weighted by atomic mass is 35.5. The molecule has 0 aliphatic rings. The Bertz CT molecular complexity index is 973. The normalized spacial score (nSPS) is 10.5. The van der Waals surface area contributed by atoms with Crippen molar-refractivity contribution in [1.82, 2.24) is 0 Å². The lowest BCUT2D eigenvalue weighted by Crippen LogP contribution is -2.04. The van der Waals surface area contributed by atoms with Gasteiger partial charge in [-0.2, -0.15) is 0 Å². The lowest BCUT2D eigenvalue weighted by molar-refractivity contribution is -0.384. The minimum absolute atomic E-state index is 0.136. The fourth-order valence-electron chi connectivity index (χ4n) is 2.28.